The number of aliphatic carboxylic acids is 1. The highest BCUT2D eigenvalue weighted by Crippen LogP contribution is 2.35. The third-order valence-electron chi connectivity index (χ3n) is 3.31. The molecule has 0 saturated heterocycles. The number of carboxylic acids is 1. The zero-order valence-corrected chi connectivity index (χ0v) is 9.85. The molecular weight excluding hydrogens is 234 g/mol. The average Bonchev–Trinajstić information content (AvgIpc) is 2.26. The maximum Gasteiger partial charge on any atom is 0.305 e. The highest BCUT2D eigenvalue weighted by Gasteiger charge is 2.40. The monoisotopic (exact) mass is 249 g/mol. The summed E-state index contributed by atoms with van der Waals surface area (Å²) >= 11 is 0. The van der Waals surface area contributed by atoms with Gasteiger partial charge in [-0.05, 0) is 43.5 Å². The number of hydrogen-bond donors (Lipinski definition) is 3. The Morgan fingerprint density at radius 1 is 1.22 bits per heavy atom. The van der Waals surface area contributed by atoms with Gasteiger partial charge in [0.15, 0.2) is 0 Å². The van der Waals surface area contributed by atoms with Crippen LogP contribution in [-0.4, -0.2) is 27.6 Å². The highest BCUT2D eigenvalue weighted by atomic mass is 16.4. The predicted molar refractivity (Wildman–Crippen MR) is 64.4 cm³/mol. The molecule has 1 fully saturated rings. The molecule has 0 bridgehead atoms. The number of carbonyl (C=O) groups is 2. The van der Waals surface area contributed by atoms with Crippen LogP contribution in [0.15, 0.2) is 24.3 Å². The van der Waals surface area contributed by atoms with Crippen LogP contribution in [-0.2, 0) is 4.79 Å². The van der Waals surface area contributed by atoms with Crippen molar-refractivity contribution in [1.29, 1.82) is 0 Å². The molecule has 0 unspecified atom stereocenters. The zero-order chi connectivity index (χ0) is 13.2. The van der Waals surface area contributed by atoms with Gasteiger partial charge >= 0.3 is 5.97 Å². The fourth-order valence-corrected chi connectivity index (χ4v) is 2.16. The van der Waals surface area contributed by atoms with E-state index >= 15 is 0 Å². The second kappa shape index (κ2) is 4.68. The summed E-state index contributed by atoms with van der Waals surface area (Å²) in [4.78, 5) is 22.7. The van der Waals surface area contributed by atoms with Crippen LogP contribution in [0.3, 0.4) is 0 Å². The van der Waals surface area contributed by atoms with Crippen LogP contribution >= 0.6 is 0 Å². The van der Waals surface area contributed by atoms with E-state index in [4.69, 9.17) is 10.2 Å². The van der Waals surface area contributed by atoms with Crippen LogP contribution < -0.4 is 5.32 Å². The van der Waals surface area contributed by atoms with E-state index < -0.39 is 11.5 Å². The van der Waals surface area contributed by atoms with E-state index in [1.807, 2.05) is 0 Å². The lowest BCUT2D eigenvalue weighted by Crippen LogP contribution is -2.54. The van der Waals surface area contributed by atoms with E-state index in [2.05, 4.69) is 5.32 Å². The van der Waals surface area contributed by atoms with Crippen LogP contribution in [0.5, 0.6) is 5.75 Å². The minimum Gasteiger partial charge on any atom is -0.508 e. The molecule has 5 nitrogen and oxygen atoms in total. The second-order valence-corrected chi connectivity index (χ2v) is 4.71. The van der Waals surface area contributed by atoms with Crippen LogP contribution in [0.25, 0.3) is 0 Å². The van der Waals surface area contributed by atoms with Crippen molar-refractivity contribution in [2.24, 2.45) is 0 Å². The molecule has 1 aromatic rings. The Kier molecular flexibility index (Phi) is 3.23. The molecule has 1 aliphatic rings. The van der Waals surface area contributed by atoms with E-state index in [0.717, 1.165) is 6.42 Å². The number of phenols is 1. The molecule has 0 radical (unpaired) electrons. The molecule has 1 saturated carbocycles. The van der Waals surface area contributed by atoms with E-state index in [1.165, 1.54) is 24.3 Å². The Morgan fingerprint density at radius 2 is 1.83 bits per heavy atom. The van der Waals surface area contributed by atoms with Gasteiger partial charge in [0.05, 0.1) is 12.0 Å². The summed E-state index contributed by atoms with van der Waals surface area (Å²) in [5.41, 5.74) is -0.176. The van der Waals surface area contributed by atoms with Crippen molar-refractivity contribution in [3.05, 3.63) is 29.8 Å². The molecule has 1 amide bonds. The molecule has 0 spiro atoms. The number of nitrogens with one attached hydrogen (secondary N) is 1. The minimum atomic E-state index is -0.902. The first-order valence-corrected chi connectivity index (χ1v) is 5.84. The van der Waals surface area contributed by atoms with Crippen LogP contribution in [0.1, 0.15) is 36.0 Å². The maximum absolute atomic E-state index is 12.0. The quantitative estimate of drug-likeness (QED) is 0.755. The van der Waals surface area contributed by atoms with Gasteiger partial charge in [-0.2, -0.15) is 0 Å². The van der Waals surface area contributed by atoms with E-state index in [1.54, 1.807) is 0 Å². The molecule has 0 aliphatic heterocycles. The second-order valence-electron chi connectivity index (χ2n) is 4.71. The lowest BCUT2D eigenvalue weighted by molar-refractivity contribution is -0.139. The van der Waals surface area contributed by atoms with Gasteiger partial charge in [-0.1, -0.05) is 0 Å². The Morgan fingerprint density at radius 3 is 2.28 bits per heavy atom. The third kappa shape index (κ3) is 2.61. The zero-order valence-electron chi connectivity index (χ0n) is 9.85. The highest BCUT2D eigenvalue weighted by molar-refractivity contribution is 5.95. The SMILES string of the molecule is O=C(O)CC1(NC(=O)c2ccc(O)cc2)CCC1. The van der Waals surface area contributed by atoms with Gasteiger partial charge in [0.25, 0.3) is 5.91 Å². The Hall–Kier alpha value is -2.04. The topological polar surface area (TPSA) is 86.6 Å². The Balaban J connectivity index is 2.06. The first-order chi connectivity index (χ1) is 8.51. The van der Waals surface area contributed by atoms with Gasteiger partial charge in [-0.15, -0.1) is 0 Å². The lowest BCUT2D eigenvalue weighted by atomic mass is 9.74. The average molecular weight is 249 g/mol. The van der Waals surface area contributed by atoms with Crippen molar-refractivity contribution >= 4 is 11.9 Å². The molecule has 0 heterocycles. The molecule has 3 N–H and O–H groups in total. The van der Waals surface area contributed by atoms with Crippen molar-refractivity contribution in [2.45, 2.75) is 31.2 Å². The summed E-state index contributed by atoms with van der Waals surface area (Å²) in [6, 6.07) is 5.88. The van der Waals surface area contributed by atoms with Crippen LogP contribution in [0.2, 0.25) is 0 Å². The minimum absolute atomic E-state index is 0.0448. The van der Waals surface area contributed by atoms with E-state index in [-0.39, 0.29) is 18.1 Å². The summed E-state index contributed by atoms with van der Waals surface area (Å²) < 4.78 is 0. The number of phenolic OH excluding ortho intramolecular Hbond substituents is 1. The first kappa shape index (κ1) is 12.4. The first-order valence-electron chi connectivity index (χ1n) is 5.84. The van der Waals surface area contributed by atoms with Crippen LogP contribution in [0.4, 0.5) is 0 Å². The summed E-state index contributed by atoms with van der Waals surface area (Å²) in [6.07, 6.45) is 2.28. The molecule has 18 heavy (non-hydrogen) atoms. The normalized spacial score (nSPS) is 16.7. The van der Waals surface area contributed by atoms with Crippen molar-refractivity contribution in [3.8, 4) is 5.75 Å². The van der Waals surface area contributed by atoms with Crippen LogP contribution in [0, 0.1) is 0 Å². The van der Waals surface area contributed by atoms with E-state index in [0.29, 0.717) is 18.4 Å². The van der Waals surface area contributed by atoms with Gasteiger partial charge in [0.1, 0.15) is 5.75 Å². The number of hydrogen-bond acceptors (Lipinski definition) is 3. The molecular formula is C13H15NO4. The molecule has 2 rings (SSSR count). The van der Waals surface area contributed by atoms with Crippen molar-refractivity contribution < 1.29 is 19.8 Å². The van der Waals surface area contributed by atoms with Crippen molar-refractivity contribution in [1.82, 2.24) is 5.32 Å². The Labute approximate surface area is 104 Å². The number of amides is 1. The smallest absolute Gasteiger partial charge is 0.305 e. The largest absolute Gasteiger partial charge is 0.508 e. The molecule has 0 atom stereocenters. The fourth-order valence-electron chi connectivity index (χ4n) is 2.16. The molecule has 96 valence electrons. The number of carbonyl (C=O) groups excluding carboxylic acids is 1. The predicted octanol–water partition coefficient (Wildman–Crippen LogP) is 1.52. The summed E-state index contributed by atoms with van der Waals surface area (Å²) in [7, 11) is 0. The maximum atomic E-state index is 12.0. The summed E-state index contributed by atoms with van der Waals surface area (Å²) in [5.74, 6) is -1.10. The van der Waals surface area contributed by atoms with Gasteiger partial charge < -0.3 is 15.5 Å². The number of aromatic hydroxyl groups is 1. The molecule has 0 aromatic heterocycles. The third-order valence-corrected chi connectivity index (χ3v) is 3.31. The van der Waals surface area contributed by atoms with Gasteiger partial charge in [0, 0.05) is 5.56 Å². The van der Waals surface area contributed by atoms with Crippen molar-refractivity contribution in [2.75, 3.05) is 0 Å². The van der Waals surface area contributed by atoms with Crippen molar-refractivity contribution in [3.63, 3.8) is 0 Å². The lowest BCUT2D eigenvalue weighted by Gasteiger charge is -2.41. The number of carboxylic acid groups (broad SMARTS) is 1. The molecule has 1 aliphatic carbocycles. The van der Waals surface area contributed by atoms with Gasteiger partial charge in [-0.25, -0.2) is 0 Å². The fraction of sp³-hybridized carbons (Fsp3) is 0.385. The molecule has 1 aromatic carbocycles. The number of rotatable bonds is 4. The molecule has 5 heteroatoms. The summed E-state index contributed by atoms with van der Waals surface area (Å²) in [5, 5.41) is 20.8. The van der Waals surface area contributed by atoms with E-state index in [9.17, 15) is 9.59 Å². The summed E-state index contributed by atoms with van der Waals surface area (Å²) in [6.45, 7) is 0. The Bertz CT molecular complexity index is 462. The van der Waals surface area contributed by atoms with Gasteiger partial charge in [0.2, 0.25) is 0 Å². The number of benzene rings is 1. The van der Waals surface area contributed by atoms with Gasteiger partial charge in [-0.3, -0.25) is 9.59 Å². The standard InChI is InChI=1S/C13H15NO4/c15-10-4-2-9(3-5-10)12(18)14-13(6-1-7-13)8-11(16)17/h2-5,15H,1,6-8H2,(H,14,18)(H,16,17).